The molecule has 0 fully saturated rings. The standard InChI is InChI=1S/C12H22N2OS/c1-4-6-8-14(7-5-2)11-16-12(10-15)9-13-3/h9-10H,3-8,11H2,1-2H3/b12-9-. The molecule has 0 saturated heterocycles. The number of nitrogens with zero attached hydrogens (tertiary/aromatic N) is 2. The molecule has 0 unspecified atom stereocenters. The van der Waals surface area contributed by atoms with Crippen molar-refractivity contribution in [3.8, 4) is 0 Å². The van der Waals surface area contributed by atoms with E-state index in [0.717, 1.165) is 31.7 Å². The van der Waals surface area contributed by atoms with Crippen molar-refractivity contribution >= 4 is 24.8 Å². The summed E-state index contributed by atoms with van der Waals surface area (Å²) in [5, 5.41) is 0. The van der Waals surface area contributed by atoms with Gasteiger partial charge in [0.15, 0.2) is 6.29 Å². The second-order valence-corrected chi connectivity index (χ2v) is 4.60. The van der Waals surface area contributed by atoms with Crippen molar-refractivity contribution in [2.45, 2.75) is 33.1 Å². The lowest BCUT2D eigenvalue weighted by Gasteiger charge is -2.20. The zero-order valence-electron chi connectivity index (χ0n) is 10.3. The minimum atomic E-state index is 0.646. The van der Waals surface area contributed by atoms with Crippen molar-refractivity contribution in [2.24, 2.45) is 4.99 Å². The fourth-order valence-electron chi connectivity index (χ4n) is 1.30. The Morgan fingerprint density at radius 2 is 2.12 bits per heavy atom. The fourth-order valence-corrected chi connectivity index (χ4v) is 2.10. The van der Waals surface area contributed by atoms with E-state index in [-0.39, 0.29) is 0 Å². The Labute approximate surface area is 103 Å². The van der Waals surface area contributed by atoms with E-state index in [1.165, 1.54) is 30.8 Å². The van der Waals surface area contributed by atoms with Crippen LogP contribution in [0.1, 0.15) is 33.1 Å². The number of unbranched alkanes of at least 4 members (excludes halogenated alkanes) is 1. The Balaban J connectivity index is 4.02. The third-order valence-corrected chi connectivity index (χ3v) is 3.15. The molecule has 0 aliphatic rings. The Morgan fingerprint density at radius 3 is 2.62 bits per heavy atom. The van der Waals surface area contributed by atoms with Crippen molar-refractivity contribution in [1.29, 1.82) is 0 Å². The number of carbonyl (C=O) groups is 1. The zero-order chi connectivity index (χ0) is 12.2. The molecule has 92 valence electrons. The van der Waals surface area contributed by atoms with Gasteiger partial charge in [0.2, 0.25) is 0 Å². The molecule has 0 radical (unpaired) electrons. The van der Waals surface area contributed by atoms with Gasteiger partial charge in [-0.1, -0.05) is 20.3 Å². The van der Waals surface area contributed by atoms with E-state index >= 15 is 0 Å². The number of aliphatic imine (C=N–C) groups is 1. The van der Waals surface area contributed by atoms with Crippen LogP contribution in [-0.4, -0.2) is 36.9 Å². The first kappa shape index (κ1) is 15.4. The van der Waals surface area contributed by atoms with Gasteiger partial charge in [0, 0.05) is 12.1 Å². The van der Waals surface area contributed by atoms with Gasteiger partial charge in [0.1, 0.15) is 0 Å². The van der Waals surface area contributed by atoms with Gasteiger partial charge < -0.3 is 0 Å². The van der Waals surface area contributed by atoms with E-state index in [9.17, 15) is 4.79 Å². The highest BCUT2D eigenvalue weighted by Crippen LogP contribution is 2.15. The Kier molecular flexibility index (Phi) is 10.5. The average molecular weight is 242 g/mol. The minimum absolute atomic E-state index is 0.646. The predicted molar refractivity (Wildman–Crippen MR) is 72.9 cm³/mol. The summed E-state index contributed by atoms with van der Waals surface area (Å²) in [5.41, 5.74) is 0. The summed E-state index contributed by atoms with van der Waals surface area (Å²) in [6.45, 7) is 9.90. The second-order valence-electron chi connectivity index (χ2n) is 3.58. The van der Waals surface area contributed by atoms with Crippen LogP contribution in [0.3, 0.4) is 0 Å². The maximum absolute atomic E-state index is 10.7. The molecule has 16 heavy (non-hydrogen) atoms. The van der Waals surface area contributed by atoms with Crippen LogP contribution in [0.15, 0.2) is 16.1 Å². The number of hydrogen-bond donors (Lipinski definition) is 0. The average Bonchev–Trinajstić information content (AvgIpc) is 2.30. The summed E-state index contributed by atoms with van der Waals surface area (Å²) in [6, 6.07) is 0. The first-order chi connectivity index (χ1) is 7.78. The fraction of sp³-hybridized carbons (Fsp3) is 0.667. The van der Waals surface area contributed by atoms with Gasteiger partial charge in [0.25, 0.3) is 0 Å². The molecule has 0 spiro atoms. The van der Waals surface area contributed by atoms with Crippen molar-refractivity contribution in [2.75, 3.05) is 19.0 Å². The molecule has 0 N–H and O–H groups in total. The maximum atomic E-state index is 10.7. The molecule has 0 aliphatic carbocycles. The third-order valence-electron chi connectivity index (χ3n) is 2.12. The van der Waals surface area contributed by atoms with Crippen LogP contribution in [0.5, 0.6) is 0 Å². The molecule has 0 aromatic rings. The molecule has 0 bridgehead atoms. The van der Waals surface area contributed by atoms with Crippen LogP contribution >= 0.6 is 11.8 Å². The van der Waals surface area contributed by atoms with Crippen LogP contribution in [0, 0.1) is 0 Å². The number of rotatable bonds is 10. The van der Waals surface area contributed by atoms with Gasteiger partial charge in [-0.25, -0.2) is 0 Å². The topological polar surface area (TPSA) is 32.7 Å². The van der Waals surface area contributed by atoms with Gasteiger partial charge in [-0.3, -0.25) is 14.7 Å². The first-order valence-corrected chi connectivity index (χ1v) is 6.73. The number of aldehydes is 1. The van der Waals surface area contributed by atoms with Crippen LogP contribution in [0.2, 0.25) is 0 Å². The van der Waals surface area contributed by atoms with E-state index in [4.69, 9.17) is 0 Å². The molecular weight excluding hydrogens is 220 g/mol. The SMILES string of the molecule is C=N/C=C(/C=O)SCN(CCC)CCCC. The lowest BCUT2D eigenvalue weighted by atomic mass is 10.3. The van der Waals surface area contributed by atoms with E-state index in [1.54, 1.807) is 0 Å². The van der Waals surface area contributed by atoms with Crippen molar-refractivity contribution in [3.63, 3.8) is 0 Å². The van der Waals surface area contributed by atoms with E-state index in [0.29, 0.717) is 4.91 Å². The number of allylic oxidation sites excluding steroid dienone is 1. The first-order valence-electron chi connectivity index (χ1n) is 5.74. The molecule has 0 aromatic heterocycles. The van der Waals surface area contributed by atoms with Gasteiger partial charge in [0.05, 0.1) is 4.91 Å². The third kappa shape index (κ3) is 7.65. The molecule has 0 aliphatic heterocycles. The maximum Gasteiger partial charge on any atom is 0.157 e. The molecule has 0 heterocycles. The van der Waals surface area contributed by atoms with Crippen LogP contribution in [0.25, 0.3) is 0 Å². The minimum Gasteiger partial charge on any atom is -0.297 e. The van der Waals surface area contributed by atoms with Gasteiger partial charge >= 0.3 is 0 Å². The smallest absolute Gasteiger partial charge is 0.157 e. The number of hydrogen-bond acceptors (Lipinski definition) is 4. The van der Waals surface area contributed by atoms with Crippen molar-refractivity contribution in [1.82, 2.24) is 4.90 Å². The molecule has 0 aromatic carbocycles. The summed E-state index contributed by atoms with van der Waals surface area (Å²) in [4.78, 5) is 17.3. The number of carbonyl (C=O) groups excluding carboxylic acids is 1. The van der Waals surface area contributed by atoms with Crippen LogP contribution in [-0.2, 0) is 4.79 Å². The van der Waals surface area contributed by atoms with Gasteiger partial charge in [-0.05, 0) is 32.6 Å². The van der Waals surface area contributed by atoms with Crippen molar-refractivity contribution in [3.05, 3.63) is 11.1 Å². The second kappa shape index (κ2) is 10.9. The molecule has 0 rings (SSSR count). The Morgan fingerprint density at radius 1 is 1.38 bits per heavy atom. The molecule has 0 atom stereocenters. The highest BCUT2D eigenvalue weighted by Gasteiger charge is 2.04. The summed E-state index contributed by atoms with van der Waals surface area (Å²) in [6.07, 6.45) is 5.91. The van der Waals surface area contributed by atoms with Gasteiger partial charge in [-0.15, -0.1) is 11.8 Å². The van der Waals surface area contributed by atoms with E-state index in [2.05, 4.69) is 30.5 Å². The summed E-state index contributed by atoms with van der Waals surface area (Å²) in [7, 11) is 0. The highest BCUT2D eigenvalue weighted by molar-refractivity contribution is 8.03. The zero-order valence-corrected chi connectivity index (χ0v) is 11.1. The summed E-state index contributed by atoms with van der Waals surface area (Å²) in [5.74, 6) is 0.855. The Hall–Kier alpha value is -0.610. The Bertz CT molecular complexity index is 229. The predicted octanol–water partition coefficient (Wildman–Crippen LogP) is 2.93. The van der Waals surface area contributed by atoms with E-state index in [1.807, 2.05) is 0 Å². The highest BCUT2D eigenvalue weighted by atomic mass is 32.2. The van der Waals surface area contributed by atoms with E-state index < -0.39 is 0 Å². The molecule has 0 saturated carbocycles. The van der Waals surface area contributed by atoms with Crippen LogP contribution in [0.4, 0.5) is 0 Å². The number of thioether (sulfide) groups is 1. The lowest BCUT2D eigenvalue weighted by Crippen LogP contribution is -2.25. The molecule has 3 nitrogen and oxygen atoms in total. The van der Waals surface area contributed by atoms with Crippen LogP contribution < -0.4 is 0 Å². The molecule has 0 amide bonds. The summed E-state index contributed by atoms with van der Waals surface area (Å²) >= 11 is 1.53. The van der Waals surface area contributed by atoms with Gasteiger partial charge in [-0.2, -0.15) is 0 Å². The molecule has 4 heteroatoms. The quantitative estimate of drug-likeness (QED) is 0.255. The lowest BCUT2D eigenvalue weighted by molar-refractivity contribution is -0.104. The monoisotopic (exact) mass is 242 g/mol. The van der Waals surface area contributed by atoms with Crippen molar-refractivity contribution < 1.29 is 4.79 Å². The normalized spacial score (nSPS) is 11.8. The summed E-state index contributed by atoms with van der Waals surface area (Å²) < 4.78 is 0. The molecular formula is C12H22N2OS. The largest absolute Gasteiger partial charge is 0.297 e.